The Bertz CT molecular complexity index is 1040. The van der Waals surface area contributed by atoms with Crippen LogP contribution in [0, 0.1) is 22.8 Å². The summed E-state index contributed by atoms with van der Waals surface area (Å²) in [6.45, 7) is 0.595. The summed E-state index contributed by atoms with van der Waals surface area (Å²) in [5.74, 6) is -1.85. The first-order valence-electron chi connectivity index (χ1n) is 8.96. The van der Waals surface area contributed by atoms with Crippen LogP contribution in [-0.4, -0.2) is 54.5 Å². The number of likely N-dealkylation sites (tertiary alicyclic amines) is 1. The van der Waals surface area contributed by atoms with E-state index < -0.39 is 18.0 Å². The second-order valence-corrected chi connectivity index (χ2v) is 6.67. The van der Waals surface area contributed by atoms with Gasteiger partial charge in [-0.1, -0.05) is 0 Å². The van der Waals surface area contributed by atoms with E-state index in [1.54, 1.807) is 0 Å². The van der Waals surface area contributed by atoms with E-state index in [1.165, 1.54) is 12.0 Å². The minimum Gasteiger partial charge on any atom is -0.432 e. The summed E-state index contributed by atoms with van der Waals surface area (Å²) >= 11 is 0. The maximum Gasteiger partial charge on any atom is 0.573 e. The quantitative estimate of drug-likeness (QED) is 0.686. The zero-order chi connectivity index (χ0) is 22.6. The molecular weight excluding hydrogens is 419 g/mol. The molecule has 2 heterocycles. The molecule has 0 unspecified atom stereocenters. The average Bonchev–Trinajstić information content (AvgIpc) is 3.34. The molecule has 1 amide bonds. The molecule has 2 aromatic rings. The lowest BCUT2D eigenvalue weighted by atomic mass is 10.1. The molecule has 1 saturated heterocycles. The number of methoxy groups -OCH3 is 1. The van der Waals surface area contributed by atoms with Gasteiger partial charge in [0.25, 0.3) is 5.89 Å². The topological polar surface area (TPSA) is 124 Å². The third kappa shape index (κ3) is 5.24. The van der Waals surface area contributed by atoms with Crippen LogP contribution in [0.25, 0.3) is 11.3 Å². The van der Waals surface area contributed by atoms with E-state index in [9.17, 15) is 23.2 Å². The number of rotatable bonds is 6. The normalized spacial score (nSPS) is 18.3. The molecule has 12 heteroatoms. The Morgan fingerprint density at radius 3 is 2.84 bits per heavy atom. The highest BCUT2D eigenvalue weighted by Crippen LogP contribution is 2.35. The lowest BCUT2D eigenvalue weighted by Crippen LogP contribution is -2.36. The van der Waals surface area contributed by atoms with Crippen LogP contribution in [0.15, 0.2) is 28.8 Å². The summed E-state index contributed by atoms with van der Waals surface area (Å²) in [7, 11) is 1.51. The number of oxazole rings is 1. The van der Waals surface area contributed by atoms with Crippen LogP contribution in [-0.2, 0) is 4.74 Å². The minimum atomic E-state index is -4.96. The highest BCUT2D eigenvalue weighted by molar-refractivity contribution is 5.90. The Kier molecular flexibility index (Phi) is 6.32. The number of benzene rings is 1. The molecule has 0 bridgehead atoms. The Morgan fingerprint density at radius 2 is 2.19 bits per heavy atom. The number of aromatic nitrogens is 1. The first kappa shape index (κ1) is 21.9. The molecular formula is C19H16F3N5O4. The number of nitrogens with one attached hydrogen (secondary N) is 1. The summed E-state index contributed by atoms with van der Waals surface area (Å²) in [6, 6.07) is 4.54. The first-order chi connectivity index (χ1) is 14.7. The zero-order valence-corrected chi connectivity index (χ0v) is 16.1. The van der Waals surface area contributed by atoms with E-state index in [0.717, 1.165) is 24.4 Å². The number of hydrogen-bond donors (Lipinski definition) is 1. The SMILES string of the molecule is COC[C@H]1C[C@@H](NC(=O)c2ncc(-c3cc(C#N)ccc3OC(F)(F)F)o2)CN1C#N. The third-order valence-electron chi connectivity index (χ3n) is 4.54. The first-order valence-corrected chi connectivity index (χ1v) is 8.96. The van der Waals surface area contributed by atoms with Gasteiger partial charge in [-0.2, -0.15) is 10.5 Å². The predicted octanol–water partition coefficient (Wildman–Crippen LogP) is 2.41. The van der Waals surface area contributed by atoms with Gasteiger partial charge < -0.3 is 24.1 Å². The average molecular weight is 435 g/mol. The second kappa shape index (κ2) is 8.93. The molecule has 3 rings (SSSR count). The van der Waals surface area contributed by atoms with Crippen molar-refractivity contribution in [3.8, 4) is 29.3 Å². The van der Waals surface area contributed by atoms with Crippen molar-refractivity contribution in [1.29, 1.82) is 10.5 Å². The number of nitriles is 2. The highest BCUT2D eigenvalue weighted by Gasteiger charge is 2.34. The van der Waals surface area contributed by atoms with Crippen LogP contribution >= 0.6 is 0 Å². The molecule has 0 saturated carbocycles. The summed E-state index contributed by atoms with van der Waals surface area (Å²) in [6.07, 6.45) is -1.39. The van der Waals surface area contributed by atoms with E-state index in [0.29, 0.717) is 13.0 Å². The standard InChI is InChI=1S/C19H16F3N5O4/c1-29-9-13-5-12(8-27(13)10-24)26-17(28)18-25-7-16(30-18)14-4-11(6-23)2-3-15(14)31-19(20,21)22/h2-4,7,12-13H,5,8-9H2,1H3,(H,26,28)/t12-,13-/m1/s1. The minimum absolute atomic E-state index is 0.0682. The van der Waals surface area contributed by atoms with E-state index in [2.05, 4.69) is 15.0 Å². The molecule has 9 nitrogen and oxygen atoms in total. The monoisotopic (exact) mass is 435 g/mol. The molecule has 1 aliphatic heterocycles. The number of amides is 1. The smallest absolute Gasteiger partial charge is 0.432 e. The summed E-state index contributed by atoms with van der Waals surface area (Å²) in [5.41, 5.74) is -0.113. The van der Waals surface area contributed by atoms with Gasteiger partial charge in [0.05, 0.1) is 36.0 Å². The lowest BCUT2D eigenvalue weighted by Gasteiger charge is -2.15. The van der Waals surface area contributed by atoms with E-state index in [-0.39, 0.29) is 41.4 Å². The van der Waals surface area contributed by atoms with Crippen LogP contribution in [0.3, 0.4) is 0 Å². The Morgan fingerprint density at radius 1 is 1.42 bits per heavy atom. The van der Waals surface area contributed by atoms with Crippen LogP contribution in [0.4, 0.5) is 13.2 Å². The number of carbonyl (C=O) groups excluding carboxylic acids is 1. The number of ether oxygens (including phenoxy) is 2. The molecule has 0 spiro atoms. The molecule has 1 aromatic carbocycles. The van der Waals surface area contributed by atoms with Gasteiger partial charge in [0.1, 0.15) is 5.75 Å². The van der Waals surface area contributed by atoms with Gasteiger partial charge in [-0.05, 0) is 24.6 Å². The zero-order valence-electron chi connectivity index (χ0n) is 16.1. The fraction of sp³-hybridized carbons (Fsp3) is 0.368. The molecule has 31 heavy (non-hydrogen) atoms. The molecule has 1 aromatic heterocycles. The molecule has 1 fully saturated rings. The fourth-order valence-corrected chi connectivity index (χ4v) is 3.25. The second-order valence-electron chi connectivity index (χ2n) is 6.67. The van der Waals surface area contributed by atoms with Crippen molar-refractivity contribution in [2.24, 2.45) is 0 Å². The summed E-state index contributed by atoms with van der Waals surface area (Å²) < 4.78 is 52.5. The Balaban J connectivity index is 1.78. The number of halogens is 3. The molecule has 1 N–H and O–H groups in total. The van der Waals surface area contributed by atoms with Gasteiger partial charge in [0.2, 0.25) is 0 Å². The van der Waals surface area contributed by atoms with Gasteiger partial charge in [0.15, 0.2) is 12.0 Å². The Hall–Kier alpha value is -3.77. The van der Waals surface area contributed by atoms with E-state index >= 15 is 0 Å². The third-order valence-corrected chi connectivity index (χ3v) is 4.54. The van der Waals surface area contributed by atoms with Gasteiger partial charge >= 0.3 is 12.3 Å². The predicted molar refractivity (Wildman–Crippen MR) is 97.2 cm³/mol. The van der Waals surface area contributed by atoms with Gasteiger partial charge in [-0.25, -0.2) is 4.98 Å². The number of nitrogens with zero attached hydrogens (tertiary/aromatic N) is 4. The molecule has 0 radical (unpaired) electrons. The van der Waals surface area contributed by atoms with Crippen LogP contribution in [0.5, 0.6) is 5.75 Å². The van der Waals surface area contributed by atoms with E-state index in [4.69, 9.17) is 14.4 Å². The molecule has 2 atom stereocenters. The van der Waals surface area contributed by atoms with Crippen molar-refractivity contribution in [3.05, 3.63) is 35.9 Å². The number of alkyl halides is 3. The van der Waals surface area contributed by atoms with Crippen molar-refractivity contribution in [2.45, 2.75) is 24.9 Å². The lowest BCUT2D eigenvalue weighted by molar-refractivity contribution is -0.274. The van der Waals surface area contributed by atoms with Crippen molar-refractivity contribution in [1.82, 2.24) is 15.2 Å². The number of hydrogen-bond acceptors (Lipinski definition) is 8. The van der Waals surface area contributed by atoms with Crippen LogP contribution in [0.1, 0.15) is 22.7 Å². The van der Waals surface area contributed by atoms with E-state index in [1.807, 2.05) is 12.3 Å². The molecule has 0 aliphatic carbocycles. The van der Waals surface area contributed by atoms with Gasteiger partial charge in [0, 0.05) is 19.7 Å². The maximum absolute atomic E-state index is 12.7. The van der Waals surface area contributed by atoms with Crippen LogP contribution < -0.4 is 10.1 Å². The molecule has 1 aliphatic rings. The van der Waals surface area contributed by atoms with Crippen molar-refractivity contribution >= 4 is 5.91 Å². The maximum atomic E-state index is 12.7. The summed E-state index contributed by atoms with van der Waals surface area (Å²) in [5, 5.41) is 20.9. The van der Waals surface area contributed by atoms with Crippen molar-refractivity contribution in [3.63, 3.8) is 0 Å². The fourth-order valence-electron chi connectivity index (χ4n) is 3.25. The number of carbonyl (C=O) groups is 1. The van der Waals surface area contributed by atoms with Gasteiger partial charge in [-0.3, -0.25) is 4.79 Å². The highest BCUT2D eigenvalue weighted by atomic mass is 19.4. The van der Waals surface area contributed by atoms with Crippen LogP contribution in [0.2, 0.25) is 0 Å². The largest absolute Gasteiger partial charge is 0.573 e. The Labute approximate surface area is 174 Å². The van der Waals surface area contributed by atoms with Crippen molar-refractivity contribution in [2.75, 3.05) is 20.3 Å². The van der Waals surface area contributed by atoms with Gasteiger partial charge in [-0.15, -0.1) is 13.2 Å². The van der Waals surface area contributed by atoms with Crippen molar-refractivity contribution < 1.29 is 31.9 Å². The summed E-state index contributed by atoms with van der Waals surface area (Å²) in [4.78, 5) is 17.8. The molecule has 162 valence electrons.